The van der Waals surface area contributed by atoms with E-state index in [4.69, 9.17) is 9.47 Å². The van der Waals surface area contributed by atoms with Crippen LogP contribution in [0, 0.1) is 23.2 Å². The third-order valence-corrected chi connectivity index (χ3v) is 15.2. The molecule has 0 radical (unpaired) electrons. The van der Waals surface area contributed by atoms with E-state index >= 15 is 0 Å². The summed E-state index contributed by atoms with van der Waals surface area (Å²) in [5.74, 6) is -4.25. The number of ether oxygens (including phenoxy) is 2. The van der Waals surface area contributed by atoms with Crippen LogP contribution in [-0.2, 0) is 35.7 Å². The number of hydrogen-bond donors (Lipinski definition) is 3. The standard InChI is InChI=1S/C40H54F2N6O9S/c1-22-14-15-29-24(22)11-7-6-10-18-47-33(50)25-12-8-9-13-27(25)43-36(47)56-23-19-28(48(21-23)34(51)30(38(2,3)4)44-37(53)57-29)32(49)45-40(20-26(40)31(41)42)35(52)46-58(54,55)39(5)16-17-39/h8-9,12-13,22-24,26,28-31H,6-7,10-11,14-21H2,1-5H3,(H,44,53)(H,45,49)(H,46,52). The van der Waals surface area contributed by atoms with Crippen LogP contribution in [0.25, 0.3) is 10.9 Å². The summed E-state index contributed by atoms with van der Waals surface area (Å²) < 4.78 is 69.1. The van der Waals surface area contributed by atoms with E-state index in [0.717, 1.165) is 25.7 Å². The van der Waals surface area contributed by atoms with Crippen LogP contribution in [0.15, 0.2) is 29.1 Å². The van der Waals surface area contributed by atoms with Gasteiger partial charge >= 0.3 is 6.09 Å². The highest BCUT2D eigenvalue weighted by molar-refractivity contribution is 7.91. The van der Waals surface area contributed by atoms with Crippen LogP contribution in [0.5, 0.6) is 6.01 Å². The molecule has 2 aromatic rings. The van der Waals surface area contributed by atoms with Gasteiger partial charge in [0.25, 0.3) is 17.5 Å². The van der Waals surface area contributed by atoms with Gasteiger partial charge in [0.2, 0.25) is 28.3 Å². The summed E-state index contributed by atoms with van der Waals surface area (Å²) in [5, 5.41) is 5.58. The Balaban J connectivity index is 1.24. The fraction of sp³-hybridized carbons (Fsp3) is 0.700. The Labute approximate surface area is 336 Å². The number of rotatable bonds is 6. The van der Waals surface area contributed by atoms with Gasteiger partial charge < -0.3 is 25.0 Å². The normalized spacial score (nSPS) is 31.5. The first-order valence-electron chi connectivity index (χ1n) is 20.4. The predicted molar refractivity (Wildman–Crippen MR) is 207 cm³/mol. The first kappa shape index (κ1) is 41.8. The number of carbonyl (C=O) groups is 4. The number of sulfonamides is 1. The van der Waals surface area contributed by atoms with Crippen molar-refractivity contribution in [1.29, 1.82) is 0 Å². The highest BCUT2D eigenvalue weighted by atomic mass is 32.2. The minimum Gasteiger partial charge on any atom is -0.459 e. The van der Waals surface area contributed by atoms with Crippen molar-refractivity contribution in [2.45, 2.75) is 146 Å². The van der Waals surface area contributed by atoms with Gasteiger partial charge in [-0.2, -0.15) is 4.98 Å². The van der Waals surface area contributed by atoms with E-state index in [9.17, 15) is 41.2 Å². The van der Waals surface area contributed by atoms with Crippen molar-refractivity contribution in [1.82, 2.24) is 29.8 Å². The van der Waals surface area contributed by atoms with Crippen LogP contribution >= 0.6 is 0 Å². The molecule has 1 saturated heterocycles. The molecule has 8 unspecified atom stereocenters. The Bertz CT molecular complexity index is 2140. The number of hydrogen-bond acceptors (Lipinski definition) is 10. The number of amides is 4. The molecule has 18 heteroatoms. The van der Waals surface area contributed by atoms with Crippen molar-refractivity contribution in [2.75, 3.05) is 6.54 Å². The Morgan fingerprint density at radius 2 is 1.76 bits per heavy atom. The van der Waals surface area contributed by atoms with Gasteiger partial charge in [0.1, 0.15) is 29.8 Å². The first-order valence-corrected chi connectivity index (χ1v) is 21.8. The molecular weight excluding hydrogens is 779 g/mol. The summed E-state index contributed by atoms with van der Waals surface area (Å²) in [7, 11) is -4.25. The largest absolute Gasteiger partial charge is 0.459 e. The summed E-state index contributed by atoms with van der Waals surface area (Å²) in [4.78, 5) is 76.0. The van der Waals surface area contributed by atoms with Crippen LogP contribution in [0.3, 0.4) is 0 Å². The van der Waals surface area contributed by atoms with Gasteiger partial charge in [0.15, 0.2) is 0 Å². The second kappa shape index (κ2) is 15.4. The minimum atomic E-state index is -4.25. The zero-order valence-electron chi connectivity index (χ0n) is 33.6. The van der Waals surface area contributed by atoms with Crippen LogP contribution in [-0.4, -0.2) is 94.2 Å². The lowest BCUT2D eigenvalue weighted by Gasteiger charge is -2.36. The second-order valence-electron chi connectivity index (χ2n) is 18.3. The van der Waals surface area contributed by atoms with Crippen molar-refractivity contribution in [3.8, 4) is 6.01 Å². The highest BCUT2D eigenvalue weighted by Gasteiger charge is 2.67. The SMILES string of the molecule is CC1CCC2OC(=O)NC(C(C)(C)C)C(=O)N3CC(CC3C(=O)NC3(C(=O)NS(=O)(=O)C4(C)CC4)CC3C(F)F)Oc3nc4ccccc4c(=O)n3CCCCCC12. The number of alkyl carbamates (subject to hydrolysis) is 1. The summed E-state index contributed by atoms with van der Waals surface area (Å²) in [6.45, 7) is 8.80. The van der Waals surface area contributed by atoms with E-state index in [2.05, 4.69) is 22.5 Å². The van der Waals surface area contributed by atoms with E-state index in [1.54, 1.807) is 45.0 Å². The Morgan fingerprint density at radius 3 is 2.43 bits per heavy atom. The number of benzene rings is 1. The summed E-state index contributed by atoms with van der Waals surface area (Å²) in [5.41, 5.74) is -3.12. The molecule has 3 heterocycles. The molecule has 1 aromatic carbocycles. The third-order valence-electron chi connectivity index (χ3n) is 13.0. The minimum absolute atomic E-state index is 0.0172. The number of nitrogens with zero attached hydrogens (tertiary/aromatic N) is 3. The van der Waals surface area contributed by atoms with Crippen molar-refractivity contribution in [3.05, 3.63) is 34.6 Å². The summed E-state index contributed by atoms with van der Waals surface area (Å²) >= 11 is 0. The van der Waals surface area contributed by atoms with Crippen molar-refractivity contribution >= 4 is 44.7 Å². The van der Waals surface area contributed by atoms with Crippen molar-refractivity contribution in [2.24, 2.45) is 23.2 Å². The van der Waals surface area contributed by atoms with Crippen molar-refractivity contribution in [3.63, 3.8) is 0 Å². The van der Waals surface area contributed by atoms with E-state index in [0.29, 0.717) is 29.7 Å². The van der Waals surface area contributed by atoms with Gasteiger partial charge in [-0.05, 0) is 81.3 Å². The summed E-state index contributed by atoms with van der Waals surface area (Å²) in [6.07, 6.45) is -0.810. The predicted octanol–water partition coefficient (Wildman–Crippen LogP) is 4.01. The average Bonchev–Trinajstić information content (AvgIpc) is 4.00. The lowest BCUT2D eigenvalue weighted by Crippen LogP contribution is -2.60. The van der Waals surface area contributed by atoms with Gasteiger partial charge in [0, 0.05) is 13.0 Å². The van der Waals surface area contributed by atoms with E-state index in [-0.39, 0.29) is 55.9 Å². The number of aromatic nitrogens is 2. The molecule has 0 spiro atoms. The van der Waals surface area contributed by atoms with Crippen LogP contribution < -0.4 is 25.7 Å². The first-order chi connectivity index (χ1) is 27.2. The molecule has 1 aromatic heterocycles. The van der Waals surface area contributed by atoms with E-state index in [1.807, 2.05) is 4.72 Å². The molecule has 3 aliphatic carbocycles. The second-order valence-corrected chi connectivity index (χ2v) is 20.5. The highest BCUT2D eigenvalue weighted by Crippen LogP contribution is 2.49. The monoisotopic (exact) mass is 832 g/mol. The Hall–Kier alpha value is -4.35. The van der Waals surface area contributed by atoms with Gasteiger partial charge in [-0.25, -0.2) is 22.0 Å². The fourth-order valence-electron chi connectivity index (χ4n) is 8.87. The van der Waals surface area contributed by atoms with Gasteiger partial charge in [0.05, 0.1) is 28.1 Å². The zero-order chi connectivity index (χ0) is 41.9. The number of alkyl halides is 2. The van der Waals surface area contributed by atoms with Gasteiger partial charge in [-0.3, -0.25) is 28.5 Å². The van der Waals surface area contributed by atoms with Crippen LogP contribution in [0.1, 0.15) is 98.8 Å². The Morgan fingerprint density at radius 1 is 1.03 bits per heavy atom. The summed E-state index contributed by atoms with van der Waals surface area (Å²) in [6, 6.07) is 4.14. The molecule has 8 atom stereocenters. The Kier molecular flexibility index (Phi) is 11.1. The molecule has 5 aliphatic rings. The maximum absolute atomic E-state index is 14.7. The number of fused-ring (bicyclic) bond motifs is 5. The van der Waals surface area contributed by atoms with Gasteiger partial charge in [-0.15, -0.1) is 0 Å². The van der Waals surface area contributed by atoms with Crippen molar-refractivity contribution < 1.29 is 45.9 Å². The zero-order valence-corrected chi connectivity index (χ0v) is 34.4. The number of para-hydroxylation sites is 1. The molecule has 15 nitrogen and oxygen atoms in total. The third kappa shape index (κ3) is 8.01. The number of nitrogens with one attached hydrogen (secondary N) is 3. The molecule has 318 valence electrons. The van der Waals surface area contributed by atoms with Gasteiger partial charge in [-0.1, -0.05) is 52.7 Å². The molecule has 2 aliphatic heterocycles. The quantitative estimate of drug-likeness (QED) is 0.383. The number of carbonyl (C=O) groups excluding carboxylic acids is 4. The maximum atomic E-state index is 14.7. The molecule has 7 rings (SSSR count). The maximum Gasteiger partial charge on any atom is 0.408 e. The number of halogens is 2. The van der Waals surface area contributed by atoms with Crippen LogP contribution in [0.2, 0.25) is 0 Å². The van der Waals surface area contributed by atoms with E-state index in [1.165, 1.54) is 16.4 Å². The molecule has 4 amide bonds. The molecule has 4 fully saturated rings. The molecule has 58 heavy (non-hydrogen) atoms. The molecule has 3 saturated carbocycles. The molecule has 3 N–H and O–H groups in total. The lowest BCUT2D eigenvalue weighted by atomic mass is 9.85. The lowest BCUT2D eigenvalue weighted by molar-refractivity contribution is -0.143. The molecule has 2 bridgehead atoms. The van der Waals surface area contributed by atoms with Crippen LogP contribution in [0.4, 0.5) is 13.6 Å². The smallest absolute Gasteiger partial charge is 0.408 e. The molecular formula is C40H54F2N6O9S. The van der Waals surface area contributed by atoms with E-state index < -0.39 is 86.5 Å². The topological polar surface area (TPSA) is 195 Å². The average molecular weight is 833 g/mol. The fourth-order valence-corrected chi connectivity index (χ4v) is 10.2.